The van der Waals surface area contributed by atoms with E-state index in [4.69, 9.17) is 23.2 Å². The molecule has 1 heterocycles. The number of hydrogen-bond acceptors (Lipinski definition) is 2. The molecule has 1 atom stereocenters. The largest absolute Gasteiger partial charge is 0.369 e. The fourth-order valence-electron chi connectivity index (χ4n) is 3.37. The van der Waals surface area contributed by atoms with Crippen LogP contribution in [0.5, 0.6) is 0 Å². The number of aliphatic imine (C=N–C) groups is 1. The van der Waals surface area contributed by atoms with Gasteiger partial charge in [0.05, 0.1) is 10.7 Å². The van der Waals surface area contributed by atoms with Crippen molar-refractivity contribution in [3.8, 4) is 0 Å². The van der Waals surface area contributed by atoms with Crippen LogP contribution in [0.3, 0.4) is 0 Å². The molecular formula is C20H22Cl2N2. The molecule has 3 rings (SSSR count). The summed E-state index contributed by atoms with van der Waals surface area (Å²) in [6.45, 7) is 6.83. The summed E-state index contributed by atoms with van der Waals surface area (Å²) < 4.78 is 0. The van der Waals surface area contributed by atoms with Gasteiger partial charge >= 0.3 is 0 Å². The Labute approximate surface area is 154 Å². The van der Waals surface area contributed by atoms with E-state index in [0.717, 1.165) is 22.7 Å². The van der Waals surface area contributed by atoms with Gasteiger partial charge in [0.25, 0.3) is 0 Å². The molecule has 0 radical (unpaired) electrons. The van der Waals surface area contributed by atoms with Gasteiger partial charge in [-0.1, -0.05) is 30.1 Å². The number of halogens is 2. The molecule has 4 heteroatoms. The molecule has 2 nitrogen and oxygen atoms in total. The van der Waals surface area contributed by atoms with Crippen molar-refractivity contribution >= 4 is 40.8 Å². The van der Waals surface area contributed by atoms with Gasteiger partial charge in [0.2, 0.25) is 0 Å². The minimum Gasteiger partial charge on any atom is -0.369 e. The maximum absolute atomic E-state index is 6.52. The lowest BCUT2D eigenvalue weighted by Crippen LogP contribution is -2.45. The zero-order chi connectivity index (χ0) is 17.5. The van der Waals surface area contributed by atoms with Crippen LogP contribution >= 0.6 is 23.2 Å². The molecule has 0 aliphatic carbocycles. The predicted molar refractivity (Wildman–Crippen MR) is 106 cm³/mol. The van der Waals surface area contributed by atoms with Crippen LogP contribution in [0, 0.1) is 0 Å². The lowest BCUT2D eigenvalue weighted by Gasteiger charge is -2.45. The summed E-state index contributed by atoms with van der Waals surface area (Å²) in [7, 11) is 2.14. The summed E-state index contributed by atoms with van der Waals surface area (Å²) in [5.74, 6) is 0.492. The van der Waals surface area contributed by atoms with Gasteiger partial charge in [-0.2, -0.15) is 0 Å². The SMILES string of the molecule is CC1CC(C)(C)N(C)c2cc(Cl)c(C=Nc3ccc(Cl)cc3)cc21. The molecule has 0 amide bonds. The molecule has 1 unspecified atom stereocenters. The Morgan fingerprint density at radius 2 is 1.83 bits per heavy atom. The van der Waals surface area contributed by atoms with Crippen LogP contribution in [0.15, 0.2) is 41.4 Å². The molecule has 0 spiro atoms. The monoisotopic (exact) mass is 360 g/mol. The topological polar surface area (TPSA) is 15.6 Å². The van der Waals surface area contributed by atoms with Crippen molar-refractivity contribution in [2.75, 3.05) is 11.9 Å². The second-order valence-electron chi connectivity index (χ2n) is 7.14. The second kappa shape index (κ2) is 6.42. The molecule has 0 N–H and O–H groups in total. The lowest BCUT2D eigenvalue weighted by molar-refractivity contribution is 0.395. The zero-order valence-corrected chi connectivity index (χ0v) is 16.0. The van der Waals surface area contributed by atoms with Crippen molar-refractivity contribution < 1.29 is 0 Å². The van der Waals surface area contributed by atoms with Crippen LogP contribution in [0.2, 0.25) is 10.0 Å². The van der Waals surface area contributed by atoms with Crippen LogP contribution in [0.1, 0.15) is 44.2 Å². The molecule has 0 aromatic heterocycles. The number of benzene rings is 2. The van der Waals surface area contributed by atoms with Crippen molar-refractivity contribution in [2.45, 2.75) is 38.6 Å². The summed E-state index contributed by atoms with van der Waals surface area (Å²) >= 11 is 12.4. The normalized spacial score (nSPS) is 19.6. The van der Waals surface area contributed by atoms with Crippen molar-refractivity contribution in [1.29, 1.82) is 0 Å². The minimum atomic E-state index is 0.134. The lowest BCUT2D eigenvalue weighted by atomic mass is 9.80. The van der Waals surface area contributed by atoms with Crippen LogP contribution in [-0.2, 0) is 0 Å². The first-order valence-corrected chi connectivity index (χ1v) is 8.90. The average molecular weight is 361 g/mol. The molecule has 0 bridgehead atoms. The highest BCUT2D eigenvalue weighted by Gasteiger charge is 2.34. The summed E-state index contributed by atoms with van der Waals surface area (Å²) in [6, 6.07) is 11.7. The van der Waals surface area contributed by atoms with Crippen LogP contribution in [0.4, 0.5) is 11.4 Å². The first kappa shape index (κ1) is 17.3. The van der Waals surface area contributed by atoms with E-state index in [1.54, 1.807) is 0 Å². The van der Waals surface area contributed by atoms with Crippen LogP contribution in [-0.4, -0.2) is 18.8 Å². The Morgan fingerprint density at radius 3 is 2.50 bits per heavy atom. The quantitative estimate of drug-likeness (QED) is 0.560. The number of anilines is 1. The molecule has 126 valence electrons. The third kappa shape index (κ3) is 3.31. The molecule has 1 aliphatic rings. The van der Waals surface area contributed by atoms with Gasteiger partial charge in [0, 0.05) is 35.1 Å². The van der Waals surface area contributed by atoms with E-state index in [9.17, 15) is 0 Å². The zero-order valence-electron chi connectivity index (χ0n) is 14.5. The van der Waals surface area contributed by atoms with Gasteiger partial charge < -0.3 is 4.90 Å². The van der Waals surface area contributed by atoms with E-state index in [1.807, 2.05) is 30.5 Å². The number of rotatable bonds is 2. The van der Waals surface area contributed by atoms with Crippen molar-refractivity contribution in [3.05, 3.63) is 57.6 Å². The summed E-state index contributed by atoms with van der Waals surface area (Å²) in [6.07, 6.45) is 2.95. The van der Waals surface area contributed by atoms with E-state index in [1.165, 1.54) is 11.3 Å². The highest BCUT2D eigenvalue weighted by Crippen LogP contribution is 2.44. The van der Waals surface area contributed by atoms with Gasteiger partial charge in [-0.25, -0.2) is 0 Å². The first-order chi connectivity index (χ1) is 11.3. The van der Waals surface area contributed by atoms with Gasteiger partial charge in [-0.15, -0.1) is 0 Å². The minimum absolute atomic E-state index is 0.134. The van der Waals surface area contributed by atoms with Crippen molar-refractivity contribution in [3.63, 3.8) is 0 Å². The predicted octanol–water partition coefficient (Wildman–Crippen LogP) is 6.47. The summed E-state index contributed by atoms with van der Waals surface area (Å²) in [5.41, 5.74) is 4.49. The van der Waals surface area contributed by atoms with Crippen LogP contribution < -0.4 is 4.90 Å². The Morgan fingerprint density at radius 1 is 1.17 bits per heavy atom. The van der Waals surface area contributed by atoms with E-state index in [0.29, 0.717) is 10.9 Å². The fourth-order valence-corrected chi connectivity index (χ4v) is 3.71. The standard InChI is InChI=1S/C20H22Cl2N2/c1-13-11-20(2,3)24(4)19-10-18(22)14(9-17(13)19)12-23-16-7-5-15(21)6-8-16/h5-10,12-13H,11H2,1-4H3. The van der Waals surface area contributed by atoms with Gasteiger partial charge in [-0.3, -0.25) is 4.99 Å². The average Bonchev–Trinajstić information content (AvgIpc) is 2.52. The number of hydrogen-bond donors (Lipinski definition) is 0. The second-order valence-corrected chi connectivity index (χ2v) is 7.99. The summed E-state index contributed by atoms with van der Waals surface area (Å²) in [5, 5.41) is 1.43. The Bertz CT molecular complexity index is 779. The molecule has 0 saturated heterocycles. The molecule has 2 aromatic rings. The number of nitrogens with zero attached hydrogens (tertiary/aromatic N) is 2. The Kier molecular flexibility index (Phi) is 4.63. The van der Waals surface area contributed by atoms with Crippen molar-refractivity contribution in [1.82, 2.24) is 0 Å². The highest BCUT2D eigenvalue weighted by molar-refractivity contribution is 6.33. The van der Waals surface area contributed by atoms with E-state index in [2.05, 4.69) is 49.8 Å². The molecule has 24 heavy (non-hydrogen) atoms. The fraction of sp³-hybridized carbons (Fsp3) is 0.350. The number of fused-ring (bicyclic) bond motifs is 1. The highest BCUT2D eigenvalue weighted by atomic mass is 35.5. The Hall–Kier alpha value is -1.51. The van der Waals surface area contributed by atoms with E-state index < -0.39 is 0 Å². The molecular weight excluding hydrogens is 339 g/mol. The smallest absolute Gasteiger partial charge is 0.0630 e. The van der Waals surface area contributed by atoms with Crippen molar-refractivity contribution in [2.24, 2.45) is 4.99 Å². The van der Waals surface area contributed by atoms with E-state index >= 15 is 0 Å². The Balaban J connectivity index is 1.97. The third-order valence-corrected chi connectivity index (χ3v) is 5.51. The molecule has 2 aromatic carbocycles. The summed E-state index contributed by atoms with van der Waals surface area (Å²) in [4.78, 5) is 6.85. The first-order valence-electron chi connectivity index (χ1n) is 8.15. The van der Waals surface area contributed by atoms with Gasteiger partial charge in [0.1, 0.15) is 0 Å². The van der Waals surface area contributed by atoms with E-state index in [-0.39, 0.29) is 5.54 Å². The molecule has 0 fully saturated rings. The molecule has 0 saturated carbocycles. The van der Waals surface area contributed by atoms with Gasteiger partial charge in [-0.05, 0) is 68.1 Å². The van der Waals surface area contributed by atoms with Crippen LogP contribution in [0.25, 0.3) is 0 Å². The third-order valence-electron chi connectivity index (χ3n) is 4.93. The van der Waals surface area contributed by atoms with Gasteiger partial charge in [0.15, 0.2) is 0 Å². The maximum atomic E-state index is 6.52. The maximum Gasteiger partial charge on any atom is 0.0630 e. The molecule has 1 aliphatic heterocycles.